The van der Waals surface area contributed by atoms with Gasteiger partial charge in [-0.2, -0.15) is 13.2 Å². The predicted octanol–water partition coefficient (Wildman–Crippen LogP) is 3.49. The lowest BCUT2D eigenvalue weighted by Gasteiger charge is -2.16. The van der Waals surface area contributed by atoms with Crippen molar-refractivity contribution >= 4 is 17.2 Å². The Balaban J connectivity index is 1.67. The molecule has 0 spiro atoms. The van der Waals surface area contributed by atoms with Crippen LogP contribution in [0, 0.1) is 12.8 Å². The van der Waals surface area contributed by atoms with Gasteiger partial charge in [0, 0.05) is 13.6 Å². The maximum Gasteiger partial charge on any atom is 0.511 e. The van der Waals surface area contributed by atoms with Gasteiger partial charge in [-0.15, -0.1) is 0 Å². The van der Waals surface area contributed by atoms with Crippen LogP contribution >= 0.6 is 0 Å². The van der Waals surface area contributed by atoms with Crippen LogP contribution in [0.3, 0.4) is 0 Å². The van der Waals surface area contributed by atoms with Crippen LogP contribution < -0.4 is 21.7 Å². The summed E-state index contributed by atoms with van der Waals surface area (Å²) in [5, 5.41) is 9.14. The molecule has 2 aromatic carbocycles. The Morgan fingerprint density at radius 1 is 1.05 bits per heavy atom. The minimum Gasteiger partial charge on any atom is -0.449 e. The Morgan fingerprint density at radius 2 is 1.77 bits per heavy atom. The molecule has 0 aliphatic heterocycles. The van der Waals surface area contributed by atoms with Crippen LogP contribution in [0.4, 0.5) is 18.0 Å². The van der Waals surface area contributed by atoms with Gasteiger partial charge in [0.15, 0.2) is 0 Å². The van der Waals surface area contributed by atoms with E-state index in [1.165, 1.54) is 29.7 Å². The summed E-state index contributed by atoms with van der Waals surface area (Å²) in [6.45, 7) is 1.22. The van der Waals surface area contributed by atoms with E-state index in [4.69, 9.17) is 5.11 Å². The zero-order valence-corrected chi connectivity index (χ0v) is 20.9. The molecular formula is C26H23F3N4O6. The summed E-state index contributed by atoms with van der Waals surface area (Å²) in [5.74, 6) is -0.291. The molecule has 0 unspecified atom stereocenters. The number of fused-ring (bicyclic) bond motifs is 1. The second-order valence-electron chi connectivity index (χ2n) is 9.56. The van der Waals surface area contributed by atoms with Crippen molar-refractivity contribution in [2.24, 2.45) is 13.0 Å². The zero-order chi connectivity index (χ0) is 28.2. The molecule has 1 aliphatic carbocycles. The first-order chi connectivity index (χ1) is 18.4. The van der Waals surface area contributed by atoms with Gasteiger partial charge in [-0.05, 0) is 61.1 Å². The lowest BCUT2D eigenvalue weighted by molar-refractivity contribution is -0.138. The van der Waals surface area contributed by atoms with Gasteiger partial charge in [0.2, 0.25) is 5.75 Å². The molecule has 1 fully saturated rings. The quantitative estimate of drug-likeness (QED) is 0.372. The highest BCUT2D eigenvalue weighted by Gasteiger charge is 2.33. The van der Waals surface area contributed by atoms with Crippen molar-refractivity contribution in [1.29, 1.82) is 0 Å². The smallest absolute Gasteiger partial charge is 0.449 e. The molecule has 1 aliphatic rings. The summed E-state index contributed by atoms with van der Waals surface area (Å²) in [7, 11) is 1.58. The molecule has 2 heterocycles. The van der Waals surface area contributed by atoms with Crippen molar-refractivity contribution in [3.63, 3.8) is 0 Å². The van der Waals surface area contributed by atoms with Crippen LogP contribution in [0.2, 0.25) is 0 Å². The first-order valence-electron chi connectivity index (χ1n) is 12.0. The van der Waals surface area contributed by atoms with E-state index in [-0.39, 0.29) is 22.5 Å². The molecule has 10 nitrogen and oxygen atoms in total. The molecule has 13 heteroatoms. The summed E-state index contributed by atoms with van der Waals surface area (Å²) >= 11 is 0. The maximum absolute atomic E-state index is 13.5. The number of hydrogen-bond acceptors (Lipinski definition) is 5. The van der Waals surface area contributed by atoms with Gasteiger partial charge in [-0.1, -0.05) is 12.1 Å². The third-order valence-corrected chi connectivity index (χ3v) is 6.96. The molecule has 0 amide bonds. The summed E-state index contributed by atoms with van der Waals surface area (Å²) in [5.41, 5.74) is -2.03. The number of nitrogens with zero attached hydrogens (tertiary/aromatic N) is 4. The summed E-state index contributed by atoms with van der Waals surface area (Å²) in [6, 6.07) is 8.10. The van der Waals surface area contributed by atoms with Gasteiger partial charge in [0.1, 0.15) is 0 Å². The third-order valence-electron chi connectivity index (χ3n) is 6.96. The number of benzene rings is 2. The minimum absolute atomic E-state index is 0.0399. The number of ether oxygens (including phenoxy) is 1. The highest BCUT2D eigenvalue weighted by Crippen LogP contribution is 2.33. The van der Waals surface area contributed by atoms with E-state index in [1.807, 2.05) is 0 Å². The second-order valence-corrected chi connectivity index (χ2v) is 9.56. The summed E-state index contributed by atoms with van der Waals surface area (Å²) in [6.07, 6.45) is -3.48. The number of hydrogen-bond donors (Lipinski definition) is 1. The largest absolute Gasteiger partial charge is 0.511 e. The van der Waals surface area contributed by atoms with Crippen molar-refractivity contribution < 1.29 is 27.8 Å². The van der Waals surface area contributed by atoms with Crippen LogP contribution in [-0.2, 0) is 26.3 Å². The number of carbonyl (C=O) groups is 1. The predicted molar refractivity (Wildman–Crippen MR) is 134 cm³/mol. The molecule has 204 valence electrons. The molecule has 1 N–H and O–H groups in total. The van der Waals surface area contributed by atoms with Gasteiger partial charge in [0.25, 0.3) is 5.56 Å². The van der Waals surface area contributed by atoms with Crippen LogP contribution in [0.15, 0.2) is 57.0 Å². The van der Waals surface area contributed by atoms with Crippen molar-refractivity contribution in [3.8, 4) is 11.4 Å². The van der Waals surface area contributed by atoms with Crippen LogP contribution in [-0.4, -0.2) is 29.5 Å². The first kappa shape index (κ1) is 26.1. The molecule has 5 rings (SSSR count). The van der Waals surface area contributed by atoms with Crippen molar-refractivity contribution in [2.75, 3.05) is 0 Å². The van der Waals surface area contributed by atoms with Crippen molar-refractivity contribution in [1.82, 2.24) is 18.3 Å². The van der Waals surface area contributed by atoms with E-state index in [2.05, 4.69) is 4.74 Å². The van der Waals surface area contributed by atoms with Crippen molar-refractivity contribution in [3.05, 3.63) is 90.6 Å². The molecule has 0 radical (unpaired) electrons. The molecular weight excluding hydrogens is 521 g/mol. The Labute approximate surface area is 217 Å². The normalized spacial score (nSPS) is 13.7. The number of imidazole rings is 1. The molecule has 2 aromatic heterocycles. The Bertz CT molecular complexity index is 1810. The van der Waals surface area contributed by atoms with Crippen LogP contribution in [0.25, 0.3) is 16.7 Å². The zero-order valence-electron chi connectivity index (χ0n) is 20.9. The minimum atomic E-state index is -4.65. The molecule has 0 saturated heterocycles. The highest BCUT2D eigenvalue weighted by atomic mass is 19.4. The van der Waals surface area contributed by atoms with Gasteiger partial charge in [-0.25, -0.2) is 14.4 Å². The van der Waals surface area contributed by atoms with Gasteiger partial charge in [0.05, 0.1) is 35.0 Å². The van der Waals surface area contributed by atoms with Gasteiger partial charge < -0.3 is 9.84 Å². The SMILES string of the molecule is Cc1c(Cn2c(=O)c(OC(=O)O)cn(-c3ccc4c(c3)n(C)c(=O)n4CC3CC3)c2=O)cccc1C(F)(F)F. The van der Waals surface area contributed by atoms with E-state index in [0.717, 1.165) is 35.7 Å². The number of carboxylic acid groups (broad SMARTS) is 1. The fourth-order valence-electron chi connectivity index (χ4n) is 4.68. The van der Waals surface area contributed by atoms with Gasteiger partial charge >= 0.3 is 23.7 Å². The number of halogens is 3. The first-order valence-corrected chi connectivity index (χ1v) is 12.0. The topological polar surface area (TPSA) is 117 Å². The van der Waals surface area contributed by atoms with Crippen LogP contribution in [0.1, 0.15) is 29.5 Å². The molecule has 0 atom stereocenters. The average molecular weight is 544 g/mol. The molecule has 4 aromatic rings. The fourth-order valence-corrected chi connectivity index (χ4v) is 4.68. The molecule has 1 saturated carbocycles. The third kappa shape index (κ3) is 4.75. The average Bonchev–Trinajstić information content (AvgIpc) is 3.66. The van der Waals surface area contributed by atoms with E-state index in [9.17, 15) is 32.3 Å². The van der Waals surface area contributed by atoms with E-state index < -0.39 is 41.4 Å². The Hall–Kier alpha value is -4.55. The lowest BCUT2D eigenvalue weighted by atomic mass is 10.0. The standard InChI is InChI=1S/C26H23F3N4O6/c1-14-16(4-3-5-18(14)26(27,28)29)12-33-22(34)21(39-25(37)38)13-31(24(33)36)17-8-9-19-20(10-17)30(2)23(35)32(19)11-15-6-7-15/h3-5,8-10,13,15H,6-7,11-12H2,1-2H3,(H,37,38). The fraction of sp³-hybridized carbons (Fsp3) is 0.308. The summed E-state index contributed by atoms with van der Waals surface area (Å²) in [4.78, 5) is 50.6. The van der Waals surface area contributed by atoms with Crippen LogP contribution in [0.5, 0.6) is 5.75 Å². The van der Waals surface area contributed by atoms with E-state index in [0.29, 0.717) is 28.1 Å². The van der Waals surface area contributed by atoms with Crippen molar-refractivity contribution in [2.45, 2.75) is 39.0 Å². The second kappa shape index (κ2) is 9.33. The highest BCUT2D eigenvalue weighted by molar-refractivity contribution is 5.78. The molecule has 39 heavy (non-hydrogen) atoms. The van der Waals surface area contributed by atoms with E-state index in [1.54, 1.807) is 17.7 Å². The number of rotatable bonds is 6. The van der Waals surface area contributed by atoms with Gasteiger partial charge in [-0.3, -0.25) is 23.1 Å². The number of aromatic nitrogens is 4. The van der Waals surface area contributed by atoms with E-state index >= 15 is 0 Å². The number of aryl methyl sites for hydroxylation is 1. The summed E-state index contributed by atoms with van der Waals surface area (Å²) < 4.78 is 49.6. The number of alkyl halides is 3. The Morgan fingerprint density at radius 3 is 2.41 bits per heavy atom. The lowest BCUT2D eigenvalue weighted by Crippen LogP contribution is -2.40. The molecule has 0 bridgehead atoms. The monoisotopic (exact) mass is 544 g/mol. The maximum atomic E-state index is 13.5. The Kier molecular flexibility index (Phi) is 6.24.